The molecule has 1 fully saturated rings. The molecule has 0 bridgehead atoms. The Balaban J connectivity index is 1.31. The Morgan fingerprint density at radius 1 is 1.12 bits per heavy atom. The van der Waals surface area contributed by atoms with Crippen LogP contribution in [0.15, 0.2) is 66.7 Å². The van der Waals surface area contributed by atoms with Gasteiger partial charge in [-0.1, -0.05) is 59.8 Å². The molecule has 34 heavy (non-hydrogen) atoms. The van der Waals surface area contributed by atoms with Crippen LogP contribution in [0.5, 0.6) is 0 Å². The molecule has 174 valence electrons. The van der Waals surface area contributed by atoms with E-state index in [-0.39, 0.29) is 18.1 Å². The third-order valence-corrected chi connectivity index (χ3v) is 7.71. The maximum absolute atomic E-state index is 12.6. The lowest BCUT2D eigenvalue weighted by atomic mass is 10.1. The Labute approximate surface area is 202 Å². The molecule has 1 aliphatic carbocycles. The molecule has 0 aliphatic heterocycles. The number of carbonyl (C=O) groups excluding carboxylic acids is 1. The number of nitrogens with one attached hydrogen (secondary N) is 1. The number of anilines is 1. The van der Waals surface area contributed by atoms with Gasteiger partial charge in [0.25, 0.3) is 0 Å². The topological polar surface area (TPSA) is 89.3 Å². The summed E-state index contributed by atoms with van der Waals surface area (Å²) in [6, 6.07) is 21.8. The first-order valence-electron chi connectivity index (χ1n) is 11.2. The zero-order valence-electron chi connectivity index (χ0n) is 19.1. The summed E-state index contributed by atoms with van der Waals surface area (Å²) in [7, 11) is 1.73. The van der Waals surface area contributed by atoms with Crippen molar-refractivity contribution in [3.05, 3.63) is 77.2 Å². The number of amides is 1. The molecular formula is C26H26N4O3S. The summed E-state index contributed by atoms with van der Waals surface area (Å²) >= 11 is 1.74. The number of rotatable bonds is 7. The number of benzene rings is 2. The molecule has 2 N–H and O–H groups in total. The van der Waals surface area contributed by atoms with E-state index in [2.05, 4.69) is 27.8 Å². The van der Waals surface area contributed by atoms with Crippen molar-refractivity contribution in [1.82, 2.24) is 15.0 Å². The minimum atomic E-state index is -0.566. The molecule has 0 radical (unpaired) electrons. The monoisotopic (exact) mass is 474 g/mol. The highest BCUT2D eigenvalue weighted by Crippen LogP contribution is 2.51. The van der Waals surface area contributed by atoms with Crippen molar-refractivity contribution in [2.24, 2.45) is 7.05 Å². The van der Waals surface area contributed by atoms with Crippen molar-refractivity contribution in [3.8, 4) is 21.7 Å². The van der Waals surface area contributed by atoms with Gasteiger partial charge in [0.2, 0.25) is 0 Å². The fraction of sp³-hybridized carbons (Fsp3) is 0.269. The molecule has 0 saturated heterocycles. The van der Waals surface area contributed by atoms with E-state index >= 15 is 0 Å². The Morgan fingerprint density at radius 3 is 2.50 bits per heavy atom. The third kappa shape index (κ3) is 4.34. The lowest BCUT2D eigenvalue weighted by Crippen LogP contribution is -2.18. The second kappa shape index (κ2) is 9.04. The zero-order chi connectivity index (χ0) is 23.7. The molecule has 1 aliphatic rings. The molecule has 4 aromatic rings. The van der Waals surface area contributed by atoms with Gasteiger partial charge >= 0.3 is 6.09 Å². The first kappa shape index (κ1) is 22.3. The van der Waals surface area contributed by atoms with Gasteiger partial charge in [0.1, 0.15) is 11.8 Å². The molecule has 7 nitrogen and oxygen atoms in total. The van der Waals surface area contributed by atoms with Crippen LogP contribution in [0.3, 0.4) is 0 Å². The first-order chi connectivity index (χ1) is 16.5. The normalized spacial score (nSPS) is 15.0. The van der Waals surface area contributed by atoms with Crippen molar-refractivity contribution >= 4 is 23.2 Å². The fourth-order valence-electron chi connectivity index (χ4n) is 3.97. The lowest BCUT2D eigenvalue weighted by molar-refractivity contribution is 0.121. The third-order valence-electron chi connectivity index (χ3n) is 6.33. The molecule has 2 aromatic carbocycles. The number of carbonyl (C=O) groups is 1. The van der Waals surface area contributed by atoms with E-state index < -0.39 is 6.09 Å². The van der Waals surface area contributed by atoms with Crippen LogP contribution in [-0.4, -0.2) is 32.8 Å². The number of aromatic nitrogens is 3. The maximum Gasteiger partial charge on any atom is 0.413 e. The van der Waals surface area contributed by atoms with Gasteiger partial charge < -0.3 is 9.84 Å². The number of nitrogens with zero attached hydrogens (tertiary/aromatic N) is 3. The van der Waals surface area contributed by atoms with Crippen molar-refractivity contribution in [1.29, 1.82) is 0 Å². The quantitative estimate of drug-likeness (QED) is 0.367. The maximum atomic E-state index is 12.6. The van der Waals surface area contributed by atoms with Crippen LogP contribution < -0.4 is 5.32 Å². The fourth-order valence-corrected chi connectivity index (χ4v) is 5.22. The molecule has 1 atom stereocenters. The van der Waals surface area contributed by atoms with Gasteiger partial charge in [-0.05, 0) is 43.0 Å². The molecule has 0 spiro atoms. The molecule has 2 heterocycles. The van der Waals surface area contributed by atoms with Crippen LogP contribution >= 0.6 is 11.3 Å². The number of hydrogen-bond acceptors (Lipinski definition) is 6. The Kier molecular flexibility index (Phi) is 5.93. The van der Waals surface area contributed by atoms with E-state index in [0.717, 1.165) is 34.4 Å². The summed E-state index contributed by atoms with van der Waals surface area (Å²) in [5, 5.41) is 20.8. The van der Waals surface area contributed by atoms with Crippen LogP contribution in [0.25, 0.3) is 21.7 Å². The Hall–Kier alpha value is -3.49. The van der Waals surface area contributed by atoms with Gasteiger partial charge in [-0.15, -0.1) is 16.4 Å². The van der Waals surface area contributed by atoms with Crippen LogP contribution in [0.1, 0.15) is 36.3 Å². The van der Waals surface area contributed by atoms with Gasteiger partial charge in [0.05, 0.1) is 6.61 Å². The Bertz CT molecular complexity index is 1290. The van der Waals surface area contributed by atoms with Gasteiger partial charge in [-0.2, -0.15) is 0 Å². The number of aliphatic hydroxyl groups is 1. The van der Waals surface area contributed by atoms with E-state index in [0.29, 0.717) is 11.5 Å². The molecule has 1 amide bonds. The van der Waals surface area contributed by atoms with Crippen molar-refractivity contribution in [2.75, 3.05) is 11.9 Å². The SMILES string of the molecule is C[C@@H](OC(=O)Nc1c(-c2ccc(-c3ccc(C4(CO)CC4)s3)cc2)nnn1C)c1ccccc1. The minimum Gasteiger partial charge on any atom is -0.441 e. The van der Waals surface area contributed by atoms with Gasteiger partial charge in [-0.3, -0.25) is 5.32 Å². The predicted molar refractivity (Wildman–Crippen MR) is 133 cm³/mol. The van der Waals surface area contributed by atoms with E-state index in [4.69, 9.17) is 4.74 Å². The van der Waals surface area contributed by atoms with Crippen molar-refractivity contribution in [3.63, 3.8) is 0 Å². The van der Waals surface area contributed by atoms with Gasteiger partial charge in [0, 0.05) is 27.8 Å². The summed E-state index contributed by atoms with van der Waals surface area (Å²) in [6.45, 7) is 2.04. The summed E-state index contributed by atoms with van der Waals surface area (Å²) in [5.41, 5.74) is 3.41. The second-order valence-electron chi connectivity index (χ2n) is 8.67. The highest BCUT2D eigenvalue weighted by Gasteiger charge is 2.44. The summed E-state index contributed by atoms with van der Waals surface area (Å²) in [4.78, 5) is 15.0. The predicted octanol–water partition coefficient (Wildman–Crippen LogP) is 5.54. The lowest BCUT2D eigenvalue weighted by Gasteiger charge is -2.14. The largest absolute Gasteiger partial charge is 0.441 e. The highest BCUT2D eigenvalue weighted by molar-refractivity contribution is 7.15. The molecule has 5 rings (SSSR count). The van der Waals surface area contributed by atoms with Crippen LogP contribution in [-0.2, 0) is 17.2 Å². The van der Waals surface area contributed by atoms with Crippen molar-refractivity contribution in [2.45, 2.75) is 31.3 Å². The second-order valence-corrected chi connectivity index (χ2v) is 9.76. The number of ether oxygens (including phenoxy) is 1. The minimum absolute atomic E-state index is 0.0182. The molecule has 8 heteroatoms. The average molecular weight is 475 g/mol. The summed E-state index contributed by atoms with van der Waals surface area (Å²) in [6.07, 6.45) is 1.15. The smallest absolute Gasteiger partial charge is 0.413 e. The number of thiophene rings is 1. The first-order valence-corrected chi connectivity index (χ1v) is 12.0. The van der Waals surface area contributed by atoms with E-state index in [1.165, 1.54) is 9.56 Å². The number of aryl methyl sites for hydroxylation is 1. The summed E-state index contributed by atoms with van der Waals surface area (Å²) in [5.74, 6) is 0.468. The van der Waals surface area contributed by atoms with Gasteiger partial charge in [-0.25, -0.2) is 9.48 Å². The summed E-state index contributed by atoms with van der Waals surface area (Å²) < 4.78 is 7.06. The molecule has 2 aromatic heterocycles. The number of hydrogen-bond donors (Lipinski definition) is 2. The number of aliphatic hydroxyl groups excluding tert-OH is 1. The van der Waals surface area contributed by atoms with E-state index in [1.54, 1.807) is 18.4 Å². The highest BCUT2D eigenvalue weighted by atomic mass is 32.1. The van der Waals surface area contributed by atoms with E-state index in [9.17, 15) is 9.90 Å². The molecule has 1 saturated carbocycles. The van der Waals surface area contributed by atoms with Crippen LogP contribution in [0, 0.1) is 0 Å². The average Bonchev–Trinajstić information content (AvgIpc) is 3.35. The van der Waals surface area contributed by atoms with Crippen LogP contribution in [0.4, 0.5) is 10.6 Å². The van der Waals surface area contributed by atoms with Gasteiger partial charge in [0.15, 0.2) is 5.82 Å². The van der Waals surface area contributed by atoms with E-state index in [1.807, 2.05) is 61.5 Å². The van der Waals surface area contributed by atoms with Crippen molar-refractivity contribution < 1.29 is 14.6 Å². The standard InChI is InChI=1S/C26H26N4O3S/c1-17(18-6-4-3-5-7-18)33-25(32)27-24-23(28-29-30(24)2)20-10-8-19(9-11-20)21-12-13-22(34-21)26(16-31)14-15-26/h3-13,17,31H,14-16H2,1-2H3,(H,27,32)/t17-/m1/s1. The van der Waals surface area contributed by atoms with Crippen LogP contribution in [0.2, 0.25) is 0 Å². The Morgan fingerprint density at radius 2 is 1.82 bits per heavy atom. The molecule has 0 unspecified atom stereocenters. The zero-order valence-corrected chi connectivity index (χ0v) is 19.9. The molecular weight excluding hydrogens is 448 g/mol.